The Balaban J connectivity index is 2.20. The molecule has 0 aromatic carbocycles. The van der Waals surface area contributed by atoms with Crippen LogP contribution in [-0.4, -0.2) is 26.1 Å². The fraction of sp³-hybridized carbons (Fsp3) is 0.417. The molecule has 0 saturated heterocycles. The molecule has 0 saturated carbocycles. The smallest absolute Gasteiger partial charge is 0.130 e. The molecule has 2 heterocycles. The molecule has 5 nitrogen and oxygen atoms in total. The number of aryl methyl sites for hydroxylation is 1. The van der Waals surface area contributed by atoms with Crippen molar-refractivity contribution in [2.75, 3.05) is 11.9 Å². The van der Waals surface area contributed by atoms with Crippen LogP contribution in [0.25, 0.3) is 11.4 Å². The summed E-state index contributed by atoms with van der Waals surface area (Å²) in [5.74, 6) is 0.850. The van der Waals surface area contributed by atoms with Gasteiger partial charge in [0.2, 0.25) is 0 Å². The molecule has 0 aliphatic rings. The van der Waals surface area contributed by atoms with Gasteiger partial charge in [-0.2, -0.15) is 0 Å². The molecule has 0 amide bonds. The maximum absolute atomic E-state index is 4.32. The van der Waals surface area contributed by atoms with Crippen molar-refractivity contribution in [2.45, 2.75) is 26.8 Å². The first-order chi connectivity index (χ1) is 8.33. The second-order valence-electron chi connectivity index (χ2n) is 3.80. The van der Waals surface area contributed by atoms with Crippen molar-refractivity contribution in [1.29, 1.82) is 0 Å². The normalized spacial score (nSPS) is 10.5. The van der Waals surface area contributed by atoms with Crippen molar-refractivity contribution in [2.24, 2.45) is 0 Å². The van der Waals surface area contributed by atoms with E-state index >= 15 is 0 Å². The van der Waals surface area contributed by atoms with E-state index in [9.17, 15) is 0 Å². The second-order valence-corrected chi connectivity index (χ2v) is 3.80. The Kier molecular flexibility index (Phi) is 3.69. The van der Waals surface area contributed by atoms with Crippen LogP contribution in [0.2, 0.25) is 0 Å². The highest BCUT2D eigenvalue weighted by Gasteiger charge is 2.04. The lowest BCUT2D eigenvalue weighted by Gasteiger charge is -2.03. The summed E-state index contributed by atoms with van der Waals surface area (Å²) < 4.78 is 2.02. The first-order valence-corrected chi connectivity index (χ1v) is 5.91. The van der Waals surface area contributed by atoms with Gasteiger partial charge in [-0.15, -0.1) is 0 Å². The number of hydrogen-bond acceptors (Lipinski definition) is 4. The predicted molar refractivity (Wildman–Crippen MR) is 67.7 cm³/mol. The predicted octanol–water partition coefficient (Wildman–Crippen LogP) is 2.18. The van der Waals surface area contributed by atoms with Gasteiger partial charge in [-0.3, -0.25) is 0 Å². The molecule has 0 fully saturated rings. The van der Waals surface area contributed by atoms with E-state index in [1.807, 2.05) is 23.2 Å². The lowest BCUT2D eigenvalue weighted by atomic mass is 10.3. The summed E-state index contributed by atoms with van der Waals surface area (Å²) in [4.78, 5) is 12.7. The largest absolute Gasteiger partial charge is 0.370 e. The number of nitrogens with zero attached hydrogens (tertiary/aromatic N) is 4. The standard InChI is InChI=1S/C12H17N5/c1-3-5-13-12-6-10(14-8-15-12)11-7-17(4-2)9-16-11/h6-9H,3-5H2,1-2H3,(H,13,14,15). The van der Waals surface area contributed by atoms with Gasteiger partial charge in [0.25, 0.3) is 0 Å². The lowest BCUT2D eigenvalue weighted by molar-refractivity contribution is 0.761. The van der Waals surface area contributed by atoms with Gasteiger partial charge in [0.1, 0.15) is 17.8 Å². The van der Waals surface area contributed by atoms with Crippen LogP contribution in [0.1, 0.15) is 20.3 Å². The van der Waals surface area contributed by atoms with Gasteiger partial charge in [-0.25, -0.2) is 15.0 Å². The zero-order valence-electron chi connectivity index (χ0n) is 10.2. The second kappa shape index (κ2) is 5.43. The Labute approximate surface area is 101 Å². The Morgan fingerprint density at radius 1 is 1.18 bits per heavy atom. The van der Waals surface area contributed by atoms with Gasteiger partial charge in [0, 0.05) is 25.4 Å². The Morgan fingerprint density at radius 2 is 2.06 bits per heavy atom. The van der Waals surface area contributed by atoms with Gasteiger partial charge in [-0.05, 0) is 13.3 Å². The van der Waals surface area contributed by atoms with E-state index < -0.39 is 0 Å². The Morgan fingerprint density at radius 3 is 2.76 bits per heavy atom. The number of rotatable bonds is 5. The van der Waals surface area contributed by atoms with Gasteiger partial charge < -0.3 is 9.88 Å². The highest BCUT2D eigenvalue weighted by atomic mass is 15.0. The van der Waals surface area contributed by atoms with Gasteiger partial charge in [-0.1, -0.05) is 6.92 Å². The molecule has 5 heteroatoms. The lowest BCUT2D eigenvalue weighted by Crippen LogP contribution is -2.02. The molecule has 0 aliphatic carbocycles. The number of aromatic nitrogens is 4. The fourth-order valence-electron chi connectivity index (χ4n) is 1.51. The molecular formula is C12H17N5. The average molecular weight is 231 g/mol. The monoisotopic (exact) mass is 231 g/mol. The molecule has 2 rings (SSSR count). The molecular weight excluding hydrogens is 214 g/mol. The summed E-state index contributed by atoms with van der Waals surface area (Å²) in [6, 6.07) is 1.93. The molecule has 0 aliphatic heterocycles. The van der Waals surface area contributed by atoms with E-state index in [-0.39, 0.29) is 0 Å². The van der Waals surface area contributed by atoms with Crippen molar-refractivity contribution < 1.29 is 0 Å². The zero-order valence-corrected chi connectivity index (χ0v) is 10.2. The summed E-state index contributed by atoms with van der Waals surface area (Å²) in [5, 5.41) is 3.24. The van der Waals surface area contributed by atoms with E-state index in [4.69, 9.17) is 0 Å². The number of hydrogen-bond donors (Lipinski definition) is 1. The summed E-state index contributed by atoms with van der Waals surface area (Å²) in [7, 11) is 0. The molecule has 90 valence electrons. The van der Waals surface area contributed by atoms with E-state index in [0.29, 0.717) is 0 Å². The molecule has 0 unspecified atom stereocenters. The van der Waals surface area contributed by atoms with Crippen LogP contribution in [0.5, 0.6) is 0 Å². The van der Waals surface area contributed by atoms with Crippen LogP contribution in [0, 0.1) is 0 Å². The SMILES string of the molecule is CCCNc1cc(-c2cn(CC)cn2)ncn1. The molecule has 0 spiro atoms. The van der Waals surface area contributed by atoms with Crippen LogP contribution < -0.4 is 5.32 Å². The van der Waals surface area contributed by atoms with Crippen molar-refractivity contribution >= 4 is 5.82 Å². The average Bonchev–Trinajstić information content (AvgIpc) is 2.85. The van der Waals surface area contributed by atoms with Crippen LogP contribution >= 0.6 is 0 Å². The first kappa shape index (κ1) is 11.6. The highest BCUT2D eigenvalue weighted by Crippen LogP contribution is 2.16. The van der Waals surface area contributed by atoms with E-state index in [2.05, 4.69) is 34.1 Å². The van der Waals surface area contributed by atoms with Gasteiger partial charge in [0.05, 0.1) is 12.0 Å². The minimum Gasteiger partial charge on any atom is -0.370 e. The van der Waals surface area contributed by atoms with Crippen LogP contribution in [-0.2, 0) is 6.54 Å². The van der Waals surface area contributed by atoms with E-state index in [0.717, 1.165) is 36.7 Å². The molecule has 1 N–H and O–H groups in total. The molecule has 2 aromatic rings. The van der Waals surface area contributed by atoms with Crippen molar-refractivity contribution in [3.63, 3.8) is 0 Å². The van der Waals surface area contributed by atoms with E-state index in [1.54, 1.807) is 6.33 Å². The van der Waals surface area contributed by atoms with E-state index in [1.165, 1.54) is 0 Å². The zero-order chi connectivity index (χ0) is 12.1. The summed E-state index contributed by atoms with van der Waals surface area (Å²) in [6.45, 7) is 6.04. The van der Waals surface area contributed by atoms with Crippen molar-refractivity contribution in [3.05, 3.63) is 24.9 Å². The summed E-state index contributed by atoms with van der Waals surface area (Å²) in [6.07, 6.45) is 6.45. The first-order valence-electron chi connectivity index (χ1n) is 5.91. The fourth-order valence-corrected chi connectivity index (χ4v) is 1.51. The van der Waals surface area contributed by atoms with Crippen LogP contribution in [0.15, 0.2) is 24.9 Å². The highest BCUT2D eigenvalue weighted by molar-refractivity contribution is 5.57. The maximum Gasteiger partial charge on any atom is 0.130 e. The molecule has 0 bridgehead atoms. The topological polar surface area (TPSA) is 55.6 Å². The minimum absolute atomic E-state index is 0.850. The van der Waals surface area contributed by atoms with Crippen molar-refractivity contribution in [3.8, 4) is 11.4 Å². The third kappa shape index (κ3) is 2.81. The molecule has 2 aromatic heterocycles. The van der Waals surface area contributed by atoms with Crippen LogP contribution in [0.4, 0.5) is 5.82 Å². The Hall–Kier alpha value is -1.91. The van der Waals surface area contributed by atoms with Gasteiger partial charge >= 0.3 is 0 Å². The summed E-state index contributed by atoms with van der Waals surface area (Å²) in [5.41, 5.74) is 1.74. The summed E-state index contributed by atoms with van der Waals surface area (Å²) >= 11 is 0. The third-order valence-corrected chi connectivity index (χ3v) is 2.48. The number of anilines is 1. The van der Waals surface area contributed by atoms with Gasteiger partial charge in [0.15, 0.2) is 0 Å². The molecule has 17 heavy (non-hydrogen) atoms. The number of imidazole rings is 1. The maximum atomic E-state index is 4.32. The van der Waals surface area contributed by atoms with Crippen molar-refractivity contribution in [1.82, 2.24) is 19.5 Å². The number of nitrogens with one attached hydrogen (secondary N) is 1. The quantitative estimate of drug-likeness (QED) is 0.857. The minimum atomic E-state index is 0.850. The third-order valence-electron chi connectivity index (χ3n) is 2.48. The molecule has 0 radical (unpaired) electrons. The molecule has 0 atom stereocenters. The van der Waals surface area contributed by atoms with Crippen LogP contribution in [0.3, 0.4) is 0 Å². The Bertz CT molecular complexity index is 477.